The minimum Gasteiger partial charge on any atom is -0.358 e. The number of fused-ring (bicyclic) bond motifs is 1. The van der Waals surface area contributed by atoms with Gasteiger partial charge in [-0.25, -0.2) is 0 Å². The van der Waals surface area contributed by atoms with Gasteiger partial charge >= 0.3 is 0 Å². The van der Waals surface area contributed by atoms with E-state index in [2.05, 4.69) is 18.8 Å². The van der Waals surface area contributed by atoms with Gasteiger partial charge in [-0.3, -0.25) is 9.59 Å². The molecule has 2 aliphatic heterocycles. The maximum absolute atomic E-state index is 13.0. The first-order chi connectivity index (χ1) is 13.0. The number of aromatic amines is 1. The predicted octanol–water partition coefficient (Wildman–Crippen LogP) is 3.65. The Morgan fingerprint density at radius 3 is 2.37 bits per heavy atom. The fourth-order valence-electron chi connectivity index (χ4n) is 4.48. The fraction of sp³-hybridized carbons (Fsp3) is 0.545. The minimum atomic E-state index is 0.0824. The van der Waals surface area contributed by atoms with Crippen molar-refractivity contribution in [2.24, 2.45) is 5.92 Å². The summed E-state index contributed by atoms with van der Waals surface area (Å²) in [6, 6.07) is 5.90. The summed E-state index contributed by atoms with van der Waals surface area (Å²) < 4.78 is 0. The predicted molar refractivity (Wildman–Crippen MR) is 107 cm³/mol. The van der Waals surface area contributed by atoms with E-state index in [-0.39, 0.29) is 11.8 Å². The molecular weight excluding hydrogens is 338 g/mol. The Morgan fingerprint density at radius 2 is 1.67 bits per heavy atom. The lowest BCUT2D eigenvalue weighted by Crippen LogP contribution is -2.45. The van der Waals surface area contributed by atoms with E-state index in [9.17, 15) is 9.59 Å². The number of H-pyrrole nitrogens is 1. The summed E-state index contributed by atoms with van der Waals surface area (Å²) in [4.78, 5) is 33.0. The van der Waals surface area contributed by atoms with Crippen LogP contribution >= 0.6 is 0 Å². The number of hydrogen-bond donors (Lipinski definition) is 1. The highest BCUT2D eigenvalue weighted by molar-refractivity contribution is 5.99. The molecule has 144 valence electrons. The topological polar surface area (TPSA) is 56.4 Å². The molecule has 27 heavy (non-hydrogen) atoms. The average Bonchev–Trinajstić information content (AvgIpc) is 3.01. The van der Waals surface area contributed by atoms with E-state index in [1.807, 2.05) is 28.0 Å². The van der Waals surface area contributed by atoms with Crippen LogP contribution in [-0.4, -0.2) is 52.8 Å². The number of piperidine rings is 2. The number of amides is 2. The molecule has 2 aliphatic rings. The van der Waals surface area contributed by atoms with E-state index >= 15 is 0 Å². The molecule has 1 aromatic carbocycles. The largest absolute Gasteiger partial charge is 0.358 e. The summed E-state index contributed by atoms with van der Waals surface area (Å²) >= 11 is 0. The molecule has 2 fully saturated rings. The van der Waals surface area contributed by atoms with Crippen LogP contribution in [0, 0.1) is 19.8 Å². The number of rotatable bonds is 2. The van der Waals surface area contributed by atoms with Gasteiger partial charge in [0.1, 0.15) is 0 Å². The van der Waals surface area contributed by atoms with Crippen LogP contribution in [0.25, 0.3) is 10.9 Å². The van der Waals surface area contributed by atoms with Crippen molar-refractivity contribution in [1.29, 1.82) is 0 Å². The van der Waals surface area contributed by atoms with Crippen LogP contribution in [-0.2, 0) is 4.79 Å². The Kier molecular flexibility index (Phi) is 4.94. The molecule has 2 aromatic rings. The fourth-order valence-corrected chi connectivity index (χ4v) is 4.48. The number of likely N-dealkylation sites (tertiary alicyclic amines) is 2. The number of nitrogens with one attached hydrogen (secondary N) is 1. The Bertz CT molecular complexity index is 856. The standard InChI is InChI=1S/C22H29N3O2/c1-15-16(2)23-20-7-6-18(14-19(15)20)22(27)25-12-8-17(9-13-25)21(26)24-10-4-3-5-11-24/h6-7,14,17,23H,3-5,8-13H2,1-2H3. The maximum Gasteiger partial charge on any atom is 0.253 e. The third-order valence-corrected chi connectivity index (χ3v) is 6.35. The maximum atomic E-state index is 13.0. The number of carbonyl (C=O) groups is 2. The van der Waals surface area contributed by atoms with Crippen LogP contribution in [0.5, 0.6) is 0 Å². The molecule has 3 heterocycles. The highest BCUT2D eigenvalue weighted by atomic mass is 16.2. The van der Waals surface area contributed by atoms with Crippen LogP contribution < -0.4 is 0 Å². The zero-order valence-electron chi connectivity index (χ0n) is 16.4. The number of aromatic nitrogens is 1. The number of benzene rings is 1. The van der Waals surface area contributed by atoms with E-state index in [1.165, 1.54) is 12.0 Å². The van der Waals surface area contributed by atoms with Crippen LogP contribution in [0.15, 0.2) is 18.2 Å². The van der Waals surface area contributed by atoms with Gasteiger partial charge in [-0.05, 0) is 69.7 Å². The van der Waals surface area contributed by atoms with Gasteiger partial charge in [-0.15, -0.1) is 0 Å². The molecule has 1 N–H and O–H groups in total. The van der Waals surface area contributed by atoms with E-state index in [4.69, 9.17) is 0 Å². The third kappa shape index (κ3) is 3.47. The van der Waals surface area contributed by atoms with Crippen LogP contribution in [0.3, 0.4) is 0 Å². The van der Waals surface area contributed by atoms with Crippen molar-refractivity contribution in [3.05, 3.63) is 35.0 Å². The van der Waals surface area contributed by atoms with Crippen molar-refractivity contribution in [1.82, 2.24) is 14.8 Å². The monoisotopic (exact) mass is 367 g/mol. The minimum absolute atomic E-state index is 0.0824. The second kappa shape index (κ2) is 7.37. The van der Waals surface area contributed by atoms with Gasteiger partial charge in [0, 0.05) is 54.3 Å². The van der Waals surface area contributed by atoms with E-state index in [0.29, 0.717) is 19.0 Å². The van der Waals surface area contributed by atoms with Crippen LogP contribution in [0.2, 0.25) is 0 Å². The zero-order chi connectivity index (χ0) is 19.0. The average molecular weight is 367 g/mol. The van der Waals surface area contributed by atoms with Gasteiger partial charge in [0.15, 0.2) is 0 Å². The van der Waals surface area contributed by atoms with Gasteiger partial charge in [0.25, 0.3) is 5.91 Å². The van der Waals surface area contributed by atoms with Crippen molar-refractivity contribution in [3.63, 3.8) is 0 Å². The normalized spacial score (nSPS) is 18.9. The lowest BCUT2D eigenvalue weighted by atomic mass is 9.94. The van der Waals surface area contributed by atoms with Gasteiger partial charge in [-0.1, -0.05) is 0 Å². The molecule has 0 aliphatic carbocycles. The second-order valence-corrected chi connectivity index (χ2v) is 8.09. The summed E-state index contributed by atoms with van der Waals surface area (Å²) in [6.07, 6.45) is 5.06. The summed E-state index contributed by atoms with van der Waals surface area (Å²) in [5.74, 6) is 0.477. The first-order valence-electron chi connectivity index (χ1n) is 10.2. The SMILES string of the molecule is Cc1[nH]c2ccc(C(=O)N3CCC(C(=O)N4CCCCC4)CC3)cc2c1C. The third-order valence-electron chi connectivity index (χ3n) is 6.35. The Morgan fingerprint density at radius 1 is 0.963 bits per heavy atom. The van der Waals surface area contributed by atoms with Gasteiger partial charge in [0.2, 0.25) is 5.91 Å². The number of aryl methyl sites for hydroxylation is 2. The van der Waals surface area contributed by atoms with Crippen molar-refractivity contribution in [2.75, 3.05) is 26.2 Å². The van der Waals surface area contributed by atoms with E-state index < -0.39 is 0 Å². The summed E-state index contributed by atoms with van der Waals surface area (Å²) in [5, 5.41) is 1.12. The highest BCUT2D eigenvalue weighted by Crippen LogP contribution is 2.26. The zero-order valence-corrected chi connectivity index (χ0v) is 16.4. The Balaban J connectivity index is 1.41. The molecule has 1 aromatic heterocycles. The van der Waals surface area contributed by atoms with E-state index in [0.717, 1.165) is 60.9 Å². The molecule has 0 radical (unpaired) electrons. The smallest absolute Gasteiger partial charge is 0.253 e. The first-order valence-corrected chi connectivity index (χ1v) is 10.2. The summed E-state index contributed by atoms with van der Waals surface area (Å²) in [5.41, 5.74) is 4.16. The quantitative estimate of drug-likeness (QED) is 0.881. The molecule has 0 saturated carbocycles. The molecule has 0 spiro atoms. The molecule has 0 atom stereocenters. The van der Waals surface area contributed by atoms with Crippen LogP contribution in [0.1, 0.15) is 53.7 Å². The number of nitrogens with zero attached hydrogens (tertiary/aromatic N) is 2. The molecule has 0 bridgehead atoms. The first kappa shape index (κ1) is 18.1. The summed E-state index contributed by atoms with van der Waals surface area (Å²) in [7, 11) is 0. The molecular formula is C22H29N3O2. The highest BCUT2D eigenvalue weighted by Gasteiger charge is 2.31. The summed E-state index contributed by atoms with van der Waals surface area (Å²) in [6.45, 7) is 7.31. The van der Waals surface area contributed by atoms with Gasteiger partial charge < -0.3 is 14.8 Å². The molecule has 0 unspecified atom stereocenters. The van der Waals surface area contributed by atoms with Crippen molar-refractivity contribution >= 4 is 22.7 Å². The molecule has 5 heteroatoms. The number of carbonyl (C=O) groups excluding carboxylic acids is 2. The van der Waals surface area contributed by atoms with E-state index in [1.54, 1.807) is 0 Å². The second-order valence-electron chi connectivity index (χ2n) is 8.09. The van der Waals surface area contributed by atoms with Crippen molar-refractivity contribution in [3.8, 4) is 0 Å². The number of hydrogen-bond acceptors (Lipinski definition) is 2. The molecule has 2 amide bonds. The Hall–Kier alpha value is -2.30. The Labute approximate surface area is 160 Å². The lowest BCUT2D eigenvalue weighted by molar-refractivity contribution is -0.137. The van der Waals surface area contributed by atoms with Crippen LogP contribution in [0.4, 0.5) is 0 Å². The van der Waals surface area contributed by atoms with Gasteiger partial charge in [-0.2, -0.15) is 0 Å². The molecule has 4 rings (SSSR count). The van der Waals surface area contributed by atoms with Gasteiger partial charge in [0.05, 0.1) is 0 Å². The van der Waals surface area contributed by atoms with Crippen molar-refractivity contribution in [2.45, 2.75) is 46.0 Å². The lowest BCUT2D eigenvalue weighted by Gasteiger charge is -2.35. The molecule has 5 nitrogen and oxygen atoms in total. The molecule has 2 saturated heterocycles. The van der Waals surface area contributed by atoms with Crippen molar-refractivity contribution < 1.29 is 9.59 Å².